The van der Waals surface area contributed by atoms with Crippen molar-refractivity contribution in [1.82, 2.24) is 5.32 Å². The van der Waals surface area contributed by atoms with E-state index < -0.39 is 12.0 Å². The molecule has 5 nitrogen and oxygen atoms in total. The number of nitrogens with one attached hydrogen (secondary N) is 1. The van der Waals surface area contributed by atoms with E-state index in [-0.39, 0.29) is 29.6 Å². The first-order valence-corrected chi connectivity index (χ1v) is 11.8. The van der Waals surface area contributed by atoms with Gasteiger partial charge < -0.3 is 10.1 Å². The number of esters is 1. The minimum absolute atomic E-state index is 0.0106. The summed E-state index contributed by atoms with van der Waals surface area (Å²) in [6.07, 6.45) is 6.65. The Morgan fingerprint density at radius 3 is 2.07 bits per heavy atom. The molecule has 0 aromatic heterocycles. The largest absolute Gasteiger partial charge is 0.456 e. The smallest absolute Gasteiger partial charge is 0.329 e. The van der Waals surface area contributed by atoms with Gasteiger partial charge in [-0.05, 0) is 74.3 Å². The molecule has 1 unspecified atom stereocenters. The Morgan fingerprint density at radius 1 is 1.03 bits per heavy atom. The van der Waals surface area contributed by atoms with Gasteiger partial charge in [0.05, 0.1) is 0 Å². The highest BCUT2D eigenvalue weighted by Gasteiger charge is 2.55. The SMILES string of the molecule is CC(C)C(NC(=O)C12CC3CC(CC(C3)C1)C2)C(=O)OCC(=O)c1ccc(Br)cc1. The lowest BCUT2D eigenvalue weighted by atomic mass is 9.49. The van der Waals surface area contributed by atoms with Gasteiger partial charge in [0, 0.05) is 15.5 Å². The number of amides is 1. The van der Waals surface area contributed by atoms with Crippen LogP contribution < -0.4 is 5.32 Å². The lowest BCUT2D eigenvalue weighted by Gasteiger charge is -2.55. The van der Waals surface area contributed by atoms with Crippen molar-refractivity contribution in [2.45, 2.75) is 58.4 Å². The van der Waals surface area contributed by atoms with Crippen molar-refractivity contribution < 1.29 is 19.1 Å². The molecule has 4 aliphatic rings. The molecule has 0 aliphatic heterocycles. The fourth-order valence-electron chi connectivity index (χ4n) is 6.13. The summed E-state index contributed by atoms with van der Waals surface area (Å²) in [5.74, 6) is 1.09. The van der Waals surface area contributed by atoms with Crippen LogP contribution in [-0.4, -0.2) is 30.3 Å². The molecule has 162 valence electrons. The standard InChI is InChI=1S/C24H30BrNO4/c1-14(2)21(22(28)30-13-20(27)18-3-5-19(25)6-4-18)26-23(29)24-10-15-7-16(11-24)9-17(8-15)12-24/h3-6,14-17,21H,7-13H2,1-2H3,(H,26,29). The van der Waals surface area contributed by atoms with Crippen LogP contribution in [0.2, 0.25) is 0 Å². The zero-order valence-corrected chi connectivity index (χ0v) is 19.2. The van der Waals surface area contributed by atoms with Gasteiger partial charge in [-0.1, -0.05) is 41.9 Å². The minimum Gasteiger partial charge on any atom is -0.456 e. The fraction of sp³-hybridized carbons (Fsp3) is 0.625. The zero-order chi connectivity index (χ0) is 21.5. The molecule has 1 atom stereocenters. The third-order valence-electron chi connectivity index (χ3n) is 7.24. The Kier molecular flexibility index (Phi) is 6.06. The van der Waals surface area contributed by atoms with Crippen molar-refractivity contribution in [2.75, 3.05) is 6.61 Å². The van der Waals surface area contributed by atoms with E-state index in [0.29, 0.717) is 23.3 Å². The molecule has 4 saturated carbocycles. The molecule has 1 aromatic rings. The number of ether oxygens (including phenoxy) is 1. The number of carbonyl (C=O) groups excluding carboxylic acids is 3. The van der Waals surface area contributed by atoms with E-state index in [1.54, 1.807) is 24.3 Å². The number of halogens is 1. The first-order chi connectivity index (χ1) is 14.3. The highest BCUT2D eigenvalue weighted by atomic mass is 79.9. The molecule has 0 saturated heterocycles. The van der Waals surface area contributed by atoms with E-state index >= 15 is 0 Å². The molecule has 0 spiro atoms. The Morgan fingerprint density at radius 2 is 1.57 bits per heavy atom. The molecule has 6 heteroatoms. The molecule has 0 radical (unpaired) electrons. The summed E-state index contributed by atoms with van der Waals surface area (Å²) >= 11 is 3.33. The van der Waals surface area contributed by atoms with Crippen LogP contribution in [-0.2, 0) is 14.3 Å². The van der Waals surface area contributed by atoms with Crippen LogP contribution in [0.4, 0.5) is 0 Å². The maximum absolute atomic E-state index is 13.3. The lowest BCUT2D eigenvalue weighted by Crippen LogP contribution is -2.57. The maximum Gasteiger partial charge on any atom is 0.329 e. The summed E-state index contributed by atoms with van der Waals surface area (Å²) in [4.78, 5) is 38.4. The summed E-state index contributed by atoms with van der Waals surface area (Å²) in [6.45, 7) is 3.46. The van der Waals surface area contributed by atoms with Gasteiger partial charge in [0.1, 0.15) is 6.04 Å². The predicted molar refractivity (Wildman–Crippen MR) is 117 cm³/mol. The quantitative estimate of drug-likeness (QED) is 0.464. The third-order valence-corrected chi connectivity index (χ3v) is 7.77. The van der Waals surface area contributed by atoms with Crippen LogP contribution in [0.1, 0.15) is 62.7 Å². The second-order valence-corrected chi connectivity index (χ2v) is 10.8. The van der Waals surface area contributed by atoms with Crippen LogP contribution in [0.25, 0.3) is 0 Å². The second-order valence-electron chi connectivity index (χ2n) is 9.93. The molecule has 4 aliphatic carbocycles. The van der Waals surface area contributed by atoms with Gasteiger partial charge in [-0.25, -0.2) is 4.79 Å². The zero-order valence-electron chi connectivity index (χ0n) is 17.7. The minimum atomic E-state index is -0.733. The second kappa shape index (κ2) is 8.45. The molecule has 1 amide bonds. The maximum atomic E-state index is 13.3. The first-order valence-electron chi connectivity index (χ1n) is 11.0. The third kappa shape index (κ3) is 4.34. The van der Waals surface area contributed by atoms with Gasteiger partial charge in [-0.2, -0.15) is 0 Å². The van der Waals surface area contributed by atoms with Crippen LogP contribution in [0.15, 0.2) is 28.7 Å². The lowest BCUT2D eigenvalue weighted by molar-refractivity contribution is -0.154. The Balaban J connectivity index is 1.37. The monoisotopic (exact) mass is 475 g/mol. The average Bonchev–Trinajstić information content (AvgIpc) is 2.69. The topological polar surface area (TPSA) is 72.5 Å². The number of hydrogen-bond acceptors (Lipinski definition) is 4. The number of rotatable bonds is 7. The van der Waals surface area contributed by atoms with Crippen LogP contribution in [0.5, 0.6) is 0 Å². The number of Topliss-reactive ketones (excluding diaryl/α,β-unsaturated/α-hetero) is 1. The Hall–Kier alpha value is -1.69. The average molecular weight is 476 g/mol. The normalized spacial score (nSPS) is 30.2. The van der Waals surface area contributed by atoms with Gasteiger partial charge in [-0.15, -0.1) is 0 Å². The molecule has 30 heavy (non-hydrogen) atoms. The van der Waals surface area contributed by atoms with Crippen molar-refractivity contribution in [3.8, 4) is 0 Å². The fourth-order valence-corrected chi connectivity index (χ4v) is 6.39. The molecule has 0 heterocycles. The number of ketones is 1. The first kappa shape index (κ1) is 21.5. The summed E-state index contributed by atoms with van der Waals surface area (Å²) in [7, 11) is 0. The van der Waals surface area contributed by atoms with E-state index in [0.717, 1.165) is 23.7 Å². The van der Waals surface area contributed by atoms with Gasteiger partial charge in [0.25, 0.3) is 0 Å². The van der Waals surface area contributed by atoms with E-state index in [9.17, 15) is 14.4 Å². The van der Waals surface area contributed by atoms with Gasteiger partial charge in [-0.3, -0.25) is 9.59 Å². The molecule has 1 aromatic carbocycles. The number of hydrogen-bond donors (Lipinski definition) is 1. The molecule has 4 bridgehead atoms. The Bertz CT molecular complexity index is 797. The summed E-state index contributed by atoms with van der Waals surface area (Å²) in [5.41, 5.74) is 0.180. The van der Waals surface area contributed by atoms with Crippen molar-refractivity contribution in [3.63, 3.8) is 0 Å². The van der Waals surface area contributed by atoms with Gasteiger partial charge in [0.15, 0.2) is 12.4 Å². The van der Waals surface area contributed by atoms with E-state index in [4.69, 9.17) is 4.74 Å². The van der Waals surface area contributed by atoms with E-state index in [1.165, 1.54) is 19.3 Å². The van der Waals surface area contributed by atoms with E-state index in [2.05, 4.69) is 21.2 Å². The van der Waals surface area contributed by atoms with Crippen molar-refractivity contribution >= 4 is 33.6 Å². The summed E-state index contributed by atoms with van der Waals surface area (Å²) in [5, 5.41) is 3.01. The number of benzene rings is 1. The van der Waals surface area contributed by atoms with Crippen LogP contribution in [0, 0.1) is 29.1 Å². The highest BCUT2D eigenvalue weighted by Crippen LogP contribution is 2.60. The summed E-state index contributed by atoms with van der Waals surface area (Å²) < 4.78 is 6.19. The van der Waals surface area contributed by atoms with Gasteiger partial charge >= 0.3 is 5.97 Å². The van der Waals surface area contributed by atoms with Crippen LogP contribution >= 0.6 is 15.9 Å². The Labute approximate surface area is 186 Å². The molecule has 1 N–H and O–H groups in total. The van der Waals surface area contributed by atoms with Gasteiger partial charge in [0.2, 0.25) is 5.91 Å². The number of carbonyl (C=O) groups is 3. The van der Waals surface area contributed by atoms with Crippen LogP contribution in [0.3, 0.4) is 0 Å². The van der Waals surface area contributed by atoms with E-state index in [1.807, 2.05) is 13.8 Å². The van der Waals surface area contributed by atoms with Crippen molar-refractivity contribution in [1.29, 1.82) is 0 Å². The molecular weight excluding hydrogens is 446 g/mol. The van der Waals surface area contributed by atoms with Crippen molar-refractivity contribution in [3.05, 3.63) is 34.3 Å². The molecule has 4 fully saturated rings. The highest BCUT2D eigenvalue weighted by molar-refractivity contribution is 9.10. The molecular formula is C24H30BrNO4. The molecule has 5 rings (SSSR count). The predicted octanol–water partition coefficient (Wildman–Crippen LogP) is 4.53. The van der Waals surface area contributed by atoms with Crippen molar-refractivity contribution in [2.24, 2.45) is 29.1 Å². The summed E-state index contributed by atoms with van der Waals surface area (Å²) in [6, 6.07) is 6.20.